The molecule has 1 heterocycles. The quantitative estimate of drug-likeness (QED) is 0.525. The summed E-state index contributed by atoms with van der Waals surface area (Å²) in [6.45, 7) is 0. The minimum Gasteiger partial charge on any atom is -0.321 e. The molecule has 3 aromatic rings. The van der Waals surface area contributed by atoms with Crippen molar-refractivity contribution in [2.24, 2.45) is 0 Å². The van der Waals surface area contributed by atoms with Gasteiger partial charge in [0.15, 0.2) is 0 Å². The minimum absolute atomic E-state index is 0.00514. The first-order valence-electron chi connectivity index (χ1n) is 6.17. The number of benzene rings is 2. The second kappa shape index (κ2) is 3.81. The van der Waals surface area contributed by atoms with Gasteiger partial charge < -0.3 is 4.98 Å². The molecule has 0 radical (unpaired) electrons. The van der Waals surface area contributed by atoms with Gasteiger partial charge in [-0.2, -0.15) is 0 Å². The maximum atomic E-state index is 12.3. The van der Waals surface area contributed by atoms with E-state index in [2.05, 4.69) is 27.0 Å². The standard InChI is InChI=1S/C16H10BrNO/c17-12-6-3-7-13-15(12)11-8-9-4-1-2-5-10(9)14(11)16(19)18-13/h1-7H,8H2,(H,18,19). The Morgan fingerprint density at radius 2 is 1.89 bits per heavy atom. The Kier molecular flexibility index (Phi) is 2.21. The molecular formula is C16H10BrNO. The van der Waals surface area contributed by atoms with Gasteiger partial charge in [0.05, 0.1) is 5.56 Å². The number of hydrogen-bond acceptors (Lipinski definition) is 1. The van der Waals surface area contributed by atoms with Gasteiger partial charge in [0.25, 0.3) is 5.56 Å². The average molecular weight is 312 g/mol. The van der Waals surface area contributed by atoms with Gasteiger partial charge in [-0.3, -0.25) is 4.79 Å². The number of aromatic nitrogens is 1. The molecule has 1 N–H and O–H groups in total. The second-order valence-corrected chi connectivity index (χ2v) is 5.66. The van der Waals surface area contributed by atoms with Crippen LogP contribution in [0.3, 0.4) is 0 Å². The summed E-state index contributed by atoms with van der Waals surface area (Å²) in [4.78, 5) is 15.3. The minimum atomic E-state index is 0.00514. The molecule has 3 heteroatoms. The molecule has 0 unspecified atom stereocenters. The zero-order valence-electron chi connectivity index (χ0n) is 10.0. The molecule has 0 aliphatic heterocycles. The van der Waals surface area contributed by atoms with Gasteiger partial charge in [-0.15, -0.1) is 0 Å². The number of nitrogens with one attached hydrogen (secondary N) is 1. The highest BCUT2D eigenvalue weighted by molar-refractivity contribution is 9.10. The maximum Gasteiger partial charge on any atom is 0.256 e. The summed E-state index contributed by atoms with van der Waals surface area (Å²) < 4.78 is 1.03. The first kappa shape index (κ1) is 11.0. The third-order valence-electron chi connectivity index (χ3n) is 3.75. The van der Waals surface area contributed by atoms with Crippen LogP contribution in [0, 0.1) is 0 Å². The molecular weight excluding hydrogens is 302 g/mol. The lowest BCUT2D eigenvalue weighted by Gasteiger charge is -2.07. The van der Waals surface area contributed by atoms with E-state index in [1.165, 1.54) is 5.56 Å². The third kappa shape index (κ3) is 1.45. The van der Waals surface area contributed by atoms with Crippen LogP contribution < -0.4 is 5.56 Å². The number of H-pyrrole nitrogens is 1. The number of hydrogen-bond donors (Lipinski definition) is 1. The van der Waals surface area contributed by atoms with Crippen molar-refractivity contribution in [3.8, 4) is 11.1 Å². The van der Waals surface area contributed by atoms with Crippen molar-refractivity contribution in [3.05, 3.63) is 68.4 Å². The van der Waals surface area contributed by atoms with Crippen molar-refractivity contribution in [1.82, 2.24) is 4.98 Å². The van der Waals surface area contributed by atoms with Gasteiger partial charge in [-0.25, -0.2) is 0 Å². The first-order chi connectivity index (χ1) is 9.25. The Labute approximate surface area is 118 Å². The van der Waals surface area contributed by atoms with E-state index in [0.717, 1.165) is 38.5 Å². The monoisotopic (exact) mass is 311 g/mol. The Morgan fingerprint density at radius 1 is 1.05 bits per heavy atom. The van der Waals surface area contributed by atoms with E-state index in [0.29, 0.717) is 0 Å². The molecule has 2 nitrogen and oxygen atoms in total. The van der Waals surface area contributed by atoms with Gasteiger partial charge in [0.1, 0.15) is 0 Å². The van der Waals surface area contributed by atoms with Crippen molar-refractivity contribution < 1.29 is 0 Å². The van der Waals surface area contributed by atoms with Crippen LogP contribution >= 0.6 is 15.9 Å². The van der Waals surface area contributed by atoms with E-state index < -0.39 is 0 Å². The highest BCUT2D eigenvalue weighted by atomic mass is 79.9. The van der Waals surface area contributed by atoms with E-state index in [1.807, 2.05) is 36.4 Å². The maximum absolute atomic E-state index is 12.3. The number of pyridine rings is 1. The normalized spacial score (nSPS) is 12.5. The lowest BCUT2D eigenvalue weighted by molar-refractivity contribution is 1.24. The molecule has 2 aromatic carbocycles. The fourth-order valence-corrected chi connectivity index (χ4v) is 3.56. The lowest BCUT2D eigenvalue weighted by atomic mass is 10.0. The van der Waals surface area contributed by atoms with Gasteiger partial charge in [-0.1, -0.05) is 46.3 Å². The zero-order chi connectivity index (χ0) is 13.0. The largest absolute Gasteiger partial charge is 0.321 e. The zero-order valence-corrected chi connectivity index (χ0v) is 11.6. The number of aromatic amines is 1. The summed E-state index contributed by atoms with van der Waals surface area (Å²) in [5.41, 5.74) is 5.15. The molecule has 92 valence electrons. The summed E-state index contributed by atoms with van der Waals surface area (Å²) in [6.07, 6.45) is 0.828. The summed E-state index contributed by atoms with van der Waals surface area (Å²) >= 11 is 3.60. The Bertz CT molecular complexity index is 880. The molecule has 0 saturated heterocycles. The third-order valence-corrected chi connectivity index (χ3v) is 4.41. The van der Waals surface area contributed by atoms with E-state index in [-0.39, 0.29) is 5.56 Å². The van der Waals surface area contributed by atoms with Crippen LogP contribution in [0.15, 0.2) is 51.7 Å². The van der Waals surface area contributed by atoms with Gasteiger partial charge in [0.2, 0.25) is 0 Å². The topological polar surface area (TPSA) is 32.9 Å². The predicted molar refractivity (Wildman–Crippen MR) is 80.5 cm³/mol. The molecule has 0 atom stereocenters. The second-order valence-electron chi connectivity index (χ2n) is 4.80. The molecule has 0 fully saturated rings. The van der Waals surface area contributed by atoms with Crippen molar-refractivity contribution in [1.29, 1.82) is 0 Å². The van der Waals surface area contributed by atoms with Crippen molar-refractivity contribution in [3.63, 3.8) is 0 Å². The van der Waals surface area contributed by atoms with Crippen molar-refractivity contribution in [2.75, 3.05) is 0 Å². The fraction of sp³-hybridized carbons (Fsp3) is 0.0625. The molecule has 0 saturated carbocycles. The Balaban J connectivity index is 2.21. The van der Waals surface area contributed by atoms with E-state index in [4.69, 9.17) is 0 Å². The van der Waals surface area contributed by atoms with Crippen LogP contribution in [0.2, 0.25) is 0 Å². The molecule has 1 aliphatic rings. The molecule has 0 bridgehead atoms. The predicted octanol–water partition coefficient (Wildman–Crippen LogP) is 3.86. The highest BCUT2D eigenvalue weighted by Gasteiger charge is 2.24. The van der Waals surface area contributed by atoms with Gasteiger partial charge >= 0.3 is 0 Å². The summed E-state index contributed by atoms with van der Waals surface area (Å²) in [6, 6.07) is 14.0. The highest BCUT2D eigenvalue weighted by Crippen LogP contribution is 2.39. The smallest absolute Gasteiger partial charge is 0.256 e. The van der Waals surface area contributed by atoms with Crippen molar-refractivity contribution >= 4 is 26.8 Å². The average Bonchev–Trinajstić information content (AvgIpc) is 2.78. The summed E-state index contributed by atoms with van der Waals surface area (Å²) in [5, 5.41) is 1.12. The van der Waals surface area contributed by atoms with Gasteiger partial charge in [0, 0.05) is 15.4 Å². The number of halogens is 1. The van der Waals surface area contributed by atoms with Crippen LogP contribution in [0.25, 0.3) is 22.0 Å². The van der Waals surface area contributed by atoms with E-state index in [1.54, 1.807) is 0 Å². The van der Waals surface area contributed by atoms with Crippen LogP contribution in [-0.4, -0.2) is 4.98 Å². The van der Waals surface area contributed by atoms with E-state index >= 15 is 0 Å². The molecule has 1 aliphatic carbocycles. The van der Waals surface area contributed by atoms with Crippen LogP contribution in [-0.2, 0) is 6.42 Å². The summed E-state index contributed by atoms with van der Waals surface area (Å²) in [5.74, 6) is 0. The SMILES string of the molecule is O=c1[nH]c2cccc(Br)c2c2c1-c1ccccc1C2. The summed E-state index contributed by atoms with van der Waals surface area (Å²) in [7, 11) is 0. The fourth-order valence-electron chi connectivity index (χ4n) is 2.95. The van der Waals surface area contributed by atoms with Crippen LogP contribution in [0.4, 0.5) is 0 Å². The molecule has 0 amide bonds. The number of rotatable bonds is 0. The molecule has 19 heavy (non-hydrogen) atoms. The van der Waals surface area contributed by atoms with Gasteiger partial charge in [-0.05, 0) is 35.2 Å². The van der Waals surface area contributed by atoms with Crippen LogP contribution in [0.1, 0.15) is 11.1 Å². The molecule has 0 spiro atoms. The van der Waals surface area contributed by atoms with Crippen LogP contribution in [0.5, 0.6) is 0 Å². The lowest BCUT2D eigenvalue weighted by Crippen LogP contribution is -2.10. The Morgan fingerprint density at radius 3 is 2.79 bits per heavy atom. The molecule has 1 aromatic heterocycles. The Hall–Kier alpha value is -1.87. The number of fused-ring (bicyclic) bond motifs is 5. The van der Waals surface area contributed by atoms with Crippen molar-refractivity contribution in [2.45, 2.75) is 6.42 Å². The first-order valence-corrected chi connectivity index (χ1v) is 6.96. The van der Waals surface area contributed by atoms with E-state index in [9.17, 15) is 4.79 Å². The molecule has 4 rings (SSSR count).